The number of aromatic nitrogens is 2. The highest BCUT2D eigenvalue weighted by molar-refractivity contribution is 5.87. The molecule has 0 bridgehead atoms. The molecular weight excluding hydrogens is 488 g/mol. The molecule has 2 heterocycles. The maximum Gasteiger partial charge on any atom is 0.330 e. The van der Waals surface area contributed by atoms with Crippen molar-refractivity contribution in [3.05, 3.63) is 67.5 Å². The van der Waals surface area contributed by atoms with E-state index in [1.807, 2.05) is 6.07 Å². The standard InChI is InChI=1S/C29H32N2O7/c1-29-11-10-19-18-6-3-15(12-16(18)5-7-20(19)21(29)8-9-23(29)33)2-4-17-13-31(28(37)30-26(17)36)27-25(35)24(34)22(14-32)38-27/h3,6,12-13,19-22,24-25,27,32,34-35H,5,7-11,14H2,1H3,(H,30,36,37)/t19?,20?,21?,22-,24?,25?,27-,29+/m1/s1. The van der Waals surface area contributed by atoms with Crippen molar-refractivity contribution in [3.63, 3.8) is 0 Å². The molecule has 0 amide bonds. The average Bonchev–Trinajstić information content (AvgIpc) is 3.37. The van der Waals surface area contributed by atoms with E-state index in [0.29, 0.717) is 30.0 Å². The predicted octanol–water partition coefficient (Wildman–Crippen LogP) is 0.973. The lowest BCUT2D eigenvalue weighted by Crippen LogP contribution is -2.42. The second kappa shape index (κ2) is 9.31. The molecule has 6 rings (SSSR count). The Balaban J connectivity index is 1.26. The van der Waals surface area contributed by atoms with Gasteiger partial charge in [-0.25, -0.2) is 4.79 Å². The maximum absolute atomic E-state index is 12.6. The molecule has 3 aliphatic carbocycles. The van der Waals surface area contributed by atoms with E-state index in [9.17, 15) is 29.7 Å². The summed E-state index contributed by atoms with van der Waals surface area (Å²) < 4.78 is 6.41. The van der Waals surface area contributed by atoms with Crippen LogP contribution in [0.2, 0.25) is 0 Å². The largest absolute Gasteiger partial charge is 0.394 e. The first-order valence-electron chi connectivity index (χ1n) is 13.4. The molecule has 38 heavy (non-hydrogen) atoms. The van der Waals surface area contributed by atoms with E-state index in [1.54, 1.807) is 0 Å². The summed E-state index contributed by atoms with van der Waals surface area (Å²) in [7, 11) is 0. The van der Waals surface area contributed by atoms with Gasteiger partial charge in [0, 0.05) is 23.6 Å². The number of nitrogens with zero attached hydrogens (tertiary/aromatic N) is 1. The van der Waals surface area contributed by atoms with Crippen LogP contribution in [-0.2, 0) is 16.0 Å². The van der Waals surface area contributed by atoms with Gasteiger partial charge in [0.15, 0.2) is 6.23 Å². The summed E-state index contributed by atoms with van der Waals surface area (Å²) in [5, 5.41) is 29.6. The Labute approximate surface area is 219 Å². The third kappa shape index (κ3) is 3.90. The van der Waals surface area contributed by atoms with Crippen LogP contribution in [0, 0.1) is 29.1 Å². The molecule has 1 aromatic carbocycles. The van der Waals surface area contributed by atoms with Crippen molar-refractivity contribution in [3.8, 4) is 11.8 Å². The number of hydrogen-bond acceptors (Lipinski definition) is 7. The predicted molar refractivity (Wildman–Crippen MR) is 136 cm³/mol. The van der Waals surface area contributed by atoms with E-state index < -0.39 is 42.4 Å². The smallest absolute Gasteiger partial charge is 0.330 e. The highest BCUT2D eigenvalue weighted by Crippen LogP contribution is 2.59. The molecule has 200 valence electrons. The molecule has 1 saturated heterocycles. The van der Waals surface area contributed by atoms with Crippen molar-refractivity contribution in [2.45, 2.75) is 75.9 Å². The first kappa shape index (κ1) is 25.3. The number of carbonyl (C=O) groups excluding carboxylic acids is 1. The number of H-pyrrole nitrogens is 1. The van der Waals surface area contributed by atoms with Gasteiger partial charge in [0.25, 0.3) is 5.56 Å². The van der Waals surface area contributed by atoms with Gasteiger partial charge in [-0.1, -0.05) is 24.8 Å². The molecule has 4 aliphatic rings. The molecule has 2 saturated carbocycles. The lowest BCUT2D eigenvalue weighted by atomic mass is 9.55. The number of ether oxygens (including phenoxy) is 1. The van der Waals surface area contributed by atoms with E-state index in [1.165, 1.54) is 17.3 Å². The molecule has 4 N–H and O–H groups in total. The maximum atomic E-state index is 12.6. The number of rotatable bonds is 2. The van der Waals surface area contributed by atoms with E-state index >= 15 is 0 Å². The van der Waals surface area contributed by atoms with Crippen molar-refractivity contribution in [1.29, 1.82) is 0 Å². The summed E-state index contributed by atoms with van der Waals surface area (Å²) in [6, 6.07) is 6.17. The Morgan fingerprint density at radius 3 is 2.68 bits per heavy atom. The van der Waals surface area contributed by atoms with Crippen LogP contribution in [0.4, 0.5) is 0 Å². The van der Waals surface area contributed by atoms with E-state index in [2.05, 4.69) is 35.9 Å². The highest BCUT2D eigenvalue weighted by Gasteiger charge is 2.54. The lowest BCUT2D eigenvalue weighted by Gasteiger charge is -2.48. The van der Waals surface area contributed by atoms with Crippen LogP contribution in [0.1, 0.15) is 73.4 Å². The van der Waals surface area contributed by atoms with Gasteiger partial charge in [-0.15, -0.1) is 0 Å². The summed E-state index contributed by atoms with van der Waals surface area (Å²) in [6.45, 7) is 1.65. The lowest BCUT2D eigenvalue weighted by molar-refractivity contribution is -0.129. The summed E-state index contributed by atoms with van der Waals surface area (Å²) in [6.07, 6.45) is 1.76. The number of aliphatic hydroxyl groups excluding tert-OH is 3. The minimum Gasteiger partial charge on any atom is -0.394 e. The third-order valence-corrected chi connectivity index (χ3v) is 9.54. The zero-order chi connectivity index (χ0) is 26.8. The normalized spacial score (nSPS) is 35.7. The number of ketones is 1. The van der Waals surface area contributed by atoms with Crippen LogP contribution in [0.15, 0.2) is 34.0 Å². The van der Waals surface area contributed by atoms with Crippen molar-refractivity contribution in [2.75, 3.05) is 6.61 Å². The SMILES string of the molecule is C[C@]12CCC3c4ccc(C#Cc5cn([C@@H]6O[C@H](CO)C(O)C6O)c(=O)[nH]c5=O)cc4CCC3C1CCC2=O. The molecule has 0 radical (unpaired) electrons. The van der Waals surface area contributed by atoms with Gasteiger partial charge in [-0.3, -0.25) is 19.1 Å². The van der Waals surface area contributed by atoms with Gasteiger partial charge in [-0.05, 0) is 73.1 Å². The summed E-state index contributed by atoms with van der Waals surface area (Å²) >= 11 is 0. The van der Waals surface area contributed by atoms with Crippen molar-refractivity contribution in [2.24, 2.45) is 17.3 Å². The first-order valence-corrected chi connectivity index (χ1v) is 13.4. The second-order valence-corrected chi connectivity index (χ2v) is 11.4. The van der Waals surface area contributed by atoms with Gasteiger partial charge in [0.1, 0.15) is 29.7 Å². The zero-order valence-corrected chi connectivity index (χ0v) is 21.2. The van der Waals surface area contributed by atoms with Crippen LogP contribution < -0.4 is 11.2 Å². The van der Waals surface area contributed by atoms with Crippen LogP contribution >= 0.6 is 0 Å². The molecule has 1 aromatic heterocycles. The molecule has 5 unspecified atom stereocenters. The van der Waals surface area contributed by atoms with E-state index in [4.69, 9.17) is 4.74 Å². The molecule has 9 heteroatoms. The first-order chi connectivity index (χ1) is 18.2. The fraction of sp³-hybridized carbons (Fsp3) is 0.552. The Kier molecular flexibility index (Phi) is 6.19. The highest BCUT2D eigenvalue weighted by atomic mass is 16.6. The quantitative estimate of drug-likeness (QED) is 0.433. The van der Waals surface area contributed by atoms with Crippen LogP contribution in [0.3, 0.4) is 0 Å². The third-order valence-electron chi connectivity index (χ3n) is 9.54. The van der Waals surface area contributed by atoms with Crippen LogP contribution in [-0.4, -0.2) is 55.6 Å². The van der Waals surface area contributed by atoms with Crippen LogP contribution in [0.25, 0.3) is 0 Å². The number of Topliss-reactive ketones (excluding diaryl/α,β-unsaturated/α-hetero) is 1. The number of aromatic amines is 1. The number of carbonyl (C=O) groups is 1. The van der Waals surface area contributed by atoms with Gasteiger partial charge in [0.05, 0.1) is 6.61 Å². The van der Waals surface area contributed by atoms with Crippen molar-refractivity contribution < 1.29 is 24.9 Å². The average molecular weight is 521 g/mol. The number of aliphatic hydroxyl groups is 3. The Hall–Kier alpha value is -3.03. The number of benzene rings is 1. The Morgan fingerprint density at radius 2 is 1.92 bits per heavy atom. The zero-order valence-electron chi connectivity index (χ0n) is 21.2. The fourth-order valence-electron chi connectivity index (χ4n) is 7.44. The van der Waals surface area contributed by atoms with Crippen molar-refractivity contribution in [1.82, 2.24) is 9.55 Å². The van der Waals surface area contributed by atoms with Crippen molar-refractivity contribution >= 4 is 5.78 Å². The van der Waals surface area contributed by atoms with Gasteiger partial charge in [0.2, 0.25) is 0 Å². The van der Waals surface area contributed by atoms with Gasteiger partial charge < -0.3 is 20.1 Å². The molecule has 0 spiro atoms. The summed E-state index contributed by atoms with van der Waals surface area (Å²) in [5.41, 5.74) is 1.75. The molecule has 3 fully saturated rings. The monoisotopic (exact) mass is 520 g/mol. The molecule has 9 nitrogen and oxygen atoms in total. The second-order valence-electron chi connectivity index (χ2n) is 11.4. The fourth-order valence-corrected chi connectivity index (χ4v) is 7.44. The van der Waals surface area contributed by atoms with E-state index in [0.717, 1.165) is 42.2 Å². The van der Waals surface area contributed by atoms with E-state index in [-0.39, 0.29) is 11.0 Å². The molecule has 1 aliphatic heterocycles. The number of fused-ring (bicyclic) bond motifs is 5. The summed E-state index contributed by atoms with van der Waals surface area (Å²) in [4.78, 5) is 39.6. The molecule has 8 atom stereocenters. The summed E-state index contributed by atoms with van der Waals surface area (Å²) in [5.74, 6) is 7.78. The number of aryl methyl sites for hydroxylation is 1. The Bertz CT molecular complexity index is 1470. The molecule has 2 aromatic rings. The van der Waals surface area contributed by atoms with Gasteiger partial charge in [-0.2, -0.15) is 0 Å². The molecular formula is C29H32N2O7. The topological polar surface area (TPSA) is 142 Å². The minimum absolute atomic E-state index is 0.0117. The van der Waals surface area contributed by atoms with Crippen LogP contribution in [0.5, 0.6) is 0 Å². The van der Waals surface area contributed by atoms with Gasteiger partial charge >= 0.3 is 5.69 Å². The Morgan fingerprint density at radius 1 is 1.11 bits per heavy atom. The number of nitrogens with one attached hydrogen (secondary N) is 1. The number of hydrogen-bond donors (Lipinski definition) is 4. The minimum atomic E-state index is -1.46.